The van der Waals surface area contributed by atoms with Crippen molar-refractivity contribution in [2.24, 2.45) is 0 Å². The number of rotatable bonds is 5. The highest BCUT2D eigenvalue weighted by atomic mass is 32.2. The van der Waals surface area contributed by atoms with Gasteiger partial charge in [0.2, 0.25) is 5.16 Å². The van der Waals surface area contributed by atoms with Gasteiger partial charge in [-0.25, -0.2) is 9.50 Å². The molecule has 2 aromatic heterocycles. The Morgan fingerprint density at radius 1 is 1.11 bits per heavy atom. The van der Waals surface area contributed by atoms with Gasteiger partial charge in [-0.05, 0) is 36.4 Å². The number of ether oxygens (including phenoxy) is 1. The zero-order valence-corrected chi connectivity index (χ0v) is 16.8. The second-order valence-electron chi connectivity index (χ2n) is 6.55. The number of benzene rings is 2. The summed E-state index contributed by atoms with van der Waals surface area (Å²) in [5.41, 5.74) is 3.45. The van der Waals surface area contributed by atoms with Crippen LogP contribution < -0.4 is 0 Å². The van der Waals surface area contributed by atoms with Gasteiger partial charge in [0.1, 0.15) is 6.61 Å². The standard InChI is InChI=1S/C21H20N4O2S/c1-13-18(14(2)25-20(22-13)23-21(24-25)28-3)11-19(26)27-12-16-9-6-8-15-7-4-5-10-17(15)16/h4-10H,11-12H2,1-3H3. The number of thioether (sulfide) groups is 1. The number of aromatic nitrogens is 4. The maximum Gasteiger partial charge on any atom is 0.310 e. The molecule has 0 aliphatic heterocycles. The highest BCUT2D eigenvalue weighted by Gasteiger charge is 2.17. The van der Waals surface area contributed by atoms with Crippen molar-refractivity contribution >= 4 is 34.3 Å². The molecule has 0 aliphatic carbocycles. The first kappa shape index (κ1) is 18.4. The summed E-state index contributed by atoms with van der Waals surface area (Å²) in [6.07, 6.45) is 2.07. The Labute approximate surface area is 167 Å². The number of aryl methyl sites for hydroxylation is 2. The molecule has 0 aliphatic rings. The maximum absolute atomic E-state index is 12.5. The van der Waals surface area contributed by atoms with Crippen LogP contribution in [0.5, 0.6) is 0 Å². The van der Waals surface area contributed by atoms with Gasteiger partial charge in [-0.1, -0.05) is 54.2 Å². The molecule has 2 heterocycles. The molecule has 0 saturated carbocycles. The number of esters is 1. The Bertz CT molecular complexity index is 1180. The summed E-state index contributed by atoms with van der Waals surface area (Å²) in [5, 5.41) is 7.31. The molecule has 4 rings (SSSR count). The highest BCUT2D eigenvalue weighted by molar-refractivity contribution is 7.98. The van der Waals surface area contributed by atoms with Gasteiger partial charge < -0.3 is 4.74 Å². The van der Waals surface area contributed by atoms with Crippen molar-refractivity contribution in [3.8, 4) is 0 Å². The molecule has 4 aromatic rings. The first-order valence-electron chi connectivity index (χ1n) is 8.96. The van der Waals surface area contributed by atoms with Gasteiger partial charge in [0.25, 0.3) is 5.78 Å². The molecule has 6 nitrogen and oxygen atoms in total. The fraction of sp³-hybridized carbons (Fsp3) is 0.238. The molecule has 0 fully saturated rings. The van der Waals surface area contributed by atoms with Gasteiger partial charge in [0.05, 0.1) is 6.42 Å². The Morgan fingerprint density at radius 3 is 2.71 bits per heavy atom. The van der Waals surface area contributed by atoms with Crippen LogP contribution in [0.15, 0.2) is 47.6 Å². The second-order valence-corrected chi connectivity index (χ2v) is 7.32. The summed E-state index contributed by atoms with van der Waals surface area (Å²) in [6, 6.07) is 14.1. The van der Waals surface area contributed by atoms with Gasteiger partial charge in [0.15, 0.2) is 0 Å². The van der Waals surface area contributed by atoms with E-state index < -0.39 is 0 Å². The van der Waals surface area contributed by atoms with E-state index in [2.05, 4.69) is 27.2 Å². The third-order valence-corrected chi connectivity index (χ3v) is 5.34. The summed E-state index contributed by atoms with van der Waals surface area (Å²) in [7, 11) is 0. The van der Waals surface area contributed by atoms with Crippen LogP contribution in [0, 0.1) is 13.8 Å². The first-order valence-corrected chi connectivity index (χ1v) is 10.2. The van der Waals surface area contributed by atoms with Crippen LogP contribution in [0.25, 0.3) is 16.6 Å². The van der Waals surface area contributed by atoms with E-state index in [-0.39, 0.29) is 19.0 Å². The number of nitrogens with zero attached hydrogens (tertiary/aromatic N) is 4. The SMILES string of the molecule is CSc1nc2nc(C)c(CC(=O)OCc3cccc4ccccc34)c(C)n2n1. The minimum Gasteiger partial charge on any atom is -0.461 e. The Balaban J connectivity index is 1.53. The average Bonchev–Trinajstić information content (AvgIpc) is 3.12. The third-order valence-electron chi connectivity index (χ3n) is 4.80. The monoisotopic (exact) mass is 392 g/mol. The molecule has 2 aromatic carbocycles. The highest BCUT2D eigenvalue weighted by Crippen LogP contribution is 2.20. The van der Waals surface area contributed by atoms with Gasteiger partial charge >= 0.3 is 5.97 Å². The lowest BCUT2D eigenvalue weighted by Gasteiger charge is -2.11. The number of carbonyl (C=O) groups excluding carboxylic acids is 1. The fourth-order valence-corrected chi connectivity index (χ4v) is 3.64. The lowest BCUT2D eigenvalue weighted by atomic mass is 10.1. The largest absolute Gasteiger partial charge is 0.461 e. The molecule has 0 N–H and O–H groups in total. The molecule has 0 unspecified atom stereocenters. The normalized spacial score (nSPS) is 11.2. The van der Waals surface area contributed by atoms with E-state index in [1.807, 2.05) is 50.4 Å². The van der Waals surface area contributed by atoms with E-state index in [4.69, 9.17) is 4.74 Å². The lowest BCUT2D eigenvalue weighted by molar-refractivity contribution is -0.144. The number of fused-ring (bicyclic) bond motifs is 2. The van der Waals surface area contributed by atoms with Gasteiger partial charge in [-0.2, -0.15) is 4.98 Å². The molecule has 0 saturated heterocycles. The van der Waals surface area contributed by atoms with Crippen molar-refractivity contribution in [1.29, 1.82) is 0 Å². The van der Waals surface area contributed by atoms with Crippen LogP contribution in [0.4, 0.5) is 0 Å². The third kappa shape index (κ3) is 3.45. The summed E-state index contributed by atoms with van der Waals surface area (Å²) < 4.78 is 7.26. The zero-order valence-electron chi connectivity index (χ0n) is 16.0. The van der Waals surface area contributed by atoms with Gasteiger partial charge in [-0.15, -0.1) is 5.10 Å². The molecule has 0 amide bonds. The average molecular weight is 392 g/mol. The van der Waals surface area contributed by atoms with Crippen LogP contribution in [-0.2, 0) is 22.6 Å². The minimum absolute atomic E-state index is 0.153. The van der Waals surface area contributed by atoms with E-state index in [9.17, 15) is 4.79 Å². The van der Waals surface area contributed by atoms with Crippen molar-refractivity contribution in [3.05, 3.63) is 65.0 Å². The van der Waals surface area contributed by atoms with Crippen LogP contribution in [0.1, 0.15) is 22.5 Å². The van der Waals surface area contributed by atoms with Crippen molar-refractivity contribution in [2.75, 3.05) is 6.26 Å². The number of carbonyl (C=O) groups is 1. The van der Waals surface area contributed by atoms with E-state index >= 15 is 0 Å². The number of hydrogen-bond acceptors (Lipinski definition) is 6. The smallest absolute Gasteiger partial charge is 0.310 e. The van der Waals surface area contributed by atoms with Crippen molar-refractivity contribution in [1.82, 2.24) is 19.6 Å². The topological polar surface area (TPSA) is 69.4 Å². The van der Waals surface area contributed by atoms with Crippen molar-refractivity contribution in [2.45, 2.75) is 32.0 Å². The molecule has 0 bridgehead atoms. The molecule has 7 heteroatoms. The summed E-state index contributed by atoms with van der Waals surface area (Å²) in [4.78, 5) is 21.4. The first-order chi connectivity index (χ1) is 13.6. The molecule has 0 spiro atoms. The molecule has 0 radical (unpaired) electrons. The van der Waals surface area contributed by atoms with E-state index in [0.717, 1.165) is 33.3 Å². The summed E-state index contributed by atoms with van der Waals surface area (Å²) in [5.74, 6) is 0.262. The van der Waals surface area contributed by atoms with Crippen LogP contribution >= 0.6 is 11.8 Å². The predicted molar refractivity (Wildman–Crippen MR) is 109 cm³/mol. The zero-order chi connectivity index (χ0) is 19.7. The Kier molecular flexibility index (Phi) is 5.00. The molecular weight excluding hydrogens is 372 g/mol. The molecule has 28 heavy (non-hydrogen) atoms. The molecule has 142 valence electrons. The molecular formula is C21H20N4O2S. The van der Waals surface area contributed by atoms with Crippen molar-refractivity contribution in [3.63, 3.8) is 0 Å². The summed E-state index contributed by atoms with van der Waals surface area (Å²) in [6.45, 7) is 4.05. The van der Waals surface area contributed by atoms with E-state index in [0.29, 0.717) is 10.9 Å². The maximum atomic E-state index is 12.5. The quantitative estimate of drug-likeness (QED) is 0.379. The van der Waals surface area contributed by atoms with E-state index in [1.165, 1.54) is 11.8 Å². The summed E-state index contributed by atoms with van der Waals surface area (Å²) >= 11 is 1.46. The van der Waals surface area contributed by atoms with Crippen LogP contribution in [0.2, 0.25) is 0 Å². The number of hydrogen-bond donors (Lipinski definition) is 0. The minimum atomic E-state index is -0.287. The Hall–Kier alpha value is -2.93. The molecule has 0 atom stereocenters. The fourth-order valence-electron chi connectivity index (χ4n) is 3.30. The van der Waals surface area contributed by atoms with Crippen molar-refractivity contribution < 1.29 is 9.53 Å². The Morgan fingerprint density at radius 2 is 1.89 bits per heavy atom. The predicted octanol–water partition coefficient (Wildman–Crippen LogP) is 3.90. The van der Waals surface area contributed by atoms with Gasteiger partial charge in [0, 0.05) is 17.0 Å². The lowest BCUT2D eigenvalue weighted by Crippen LogP contribution is -2.13. The van der Waals surface area contributed by atoms with Crippen LogP contribution in [-0.4, -0.2) is 31.8 Å². The van der Waals surface area contributed by atoms with Gasteiger partial charge in [-0.3, -0.25) is 4.79 Å². The van der Waals surface area contributed by atoms with E-state index in [1.54, 1.807) is 4.52 Å². The van der Waals surface area contributed by atoms with Crippen LogP contribution in [0.3, 0.4) is 0 Å². The second kappa shape index (κ2) is 7.59.